The van der Waals surface area contributed by atoms with Gasteiger partial charge in [0.15, 0.2) is 0 Å². The molecule has 0 spiro atoms. The van der Waals surface area contributed by atoms with Crippen LogP contribution in [-0.2, 0) is 13.0 Å². The fourth-order valence-corrected chi connectivity index (χ4v) is 2.17. The van der Waals surface area contributed by atoms with E-state index in [1.165, 1.54) is 18.7 Å². The molecule has 0 amide bonds. The van der Waals surface area contributed by atoms with Gasteiger partial charge in [0.2, 0.25) is 0 Å². The van der Waals surface area contributed by atoms with Crippen molar-refractivity contribution >= 4 is 5.82 Å². The fraction of sp³-hybridized carbons (Fsp3) is 0.769. The lowest BCUT2D eigenvalue weighted by molar-refractivity contribution is 0.512. The molecule has 1 aromatic heterocycles. The summed E-state index contributed by atoms with van der Waals surface area (Å²) in [6, 6.07) is 0. The first kappa shape index (κ1) is 11.5. The molecule has 0 radical (unpaired) electrons. The Hall–Kier alpha value is -0.990. The summed E-state index contributed by atoms with van der Waals surface area (Å²) < 4.78 is 2.26. The molecule has 0 aromatic carbocycles. The van der Waals surface area contributed by atoms with Gasteiger partial charge in [-0.2, -0.15) is 0 Å². The lowest BCUT2D eigenvalue weighted by atomic mass is 10.2. The van der Waals surface area contributed by atoms with Crippen molar-refractivity contribution in [2.75, 3.05) is 5.73 Å². The second-order valence-electron chi connectivity index (χ2n) is 5.33. The molecule has 1 aromatic rings. The van der Waals surface area contributed by atoms with Gasteiger partial charge in [-0.15, -0.1) is 0 Å². The van der Waals surface area contributed by atoms with E-state index in [0.717, 1.165) is 30.9 Å². The molecule has 0 bridgehead atoms. The Morgan fingerprint density at radius 1 is 1.44 bits per heavy atom. The molecule has 2 rings (SSSR count). The summed E-state index contributed by atoms with van der Waals surface area (Å²) in [5.41, 5.74) is 7.32. The summed E-state index contributed by atoms with van der Waals surface area (Å²) in [5, 5.41) is 0. The molecule has 1 aliphatic rings. The Balaban J connectivity index is 2.30. The van der Waals surface area contributed by atoms with Gasteiger partial charge in [0.05, 0.1) is 5.69 Å². The van der Waals surface area contributed by atoms with E-state index in [1.807, 2.05) is 0 Å². The van der Waals surface area contributed by atoms with E-state index in [0.29, 0.717) is 11.8 Å². The predicted octanol–water partition coefficient (Wildman–Crippen LogP) is 2.95. The summed E-state index contributed by atoms with van der Waals surface area (Å²) in [6.45, 7) is 7.65. The number of hydrogen-bond donors (Lipinski definition) is 1. The van der Waals surface area contributed by atoms with Gasteiger partial charge in [-0.3, -0.25) is 0 Å². The van der Waals surface area contributed by atoms with Crippen LogP contribution in [0.25, 0.3) is 0 Å². The molecule has 2 N–H and O–H groups in total. The van der Waals surface area contributed by atoms with Crippen LogP contribution in [0.4, 0.5) is 5.82 Å². The van der Waals surface area contributed by atoms with Gasteiger partial charge >= 0.3 is 0 Å². The molecule has 16 heavy (non-hydrogen) atoms. The number of imidazole rings is 1. The minimum Gasteiger partial charge on any atom is -0.384 e. The van der Waals surface area contributed by atoms with Crippen LogP contribution in [0.3, 0.4) is 0 Å². The minimum atomic E-state index is 0.628. The van der Waals surface area contributed by atoms with Crippen molar-refractivity contribution in [2.24, 2.45) is 5.92 Å². The van der Waals surface area contributed by atoms with Crippen molar-refractivity contribution in [3.8, 4) is 0 Å². The lowest BCUT2D eigenvalue weighted by Crippen LogP contribution is -2.11. The number of hydrogen-bond acceptors (Lipinski definition) is 2. The highest BCUT2D eigenvalue weighted by Crippen LogP contribution is 2.41. The van der Waals surface area contributed by atoms with Gasteiger partial charge in [-0.25, -0.2) is 4.98 Å². The van der Waals surface area contributed by atoms with Crippen molar-refractivity contribution in [3.63, 3.8) is 0 Å². The maximum absolute atomic E-state index is 6.20. The highest BCUT2D eigenvalue weighted by atomic mass is 15.2. The first-order valence-corrected chi connectivity index (χ1v) is 6.48. The second-order valence-corrected chi connectivity index (χ2v) is 5.33. The van der Waals surface area contributed by atoms with Crippen LogP contribution in [0.5, 0.6) is 0 Å². The van der Waals surface area contributed by atoms with E-state index in [9.17, 15) is 0 Å². The molecule has 1 saturated carbocycles. The van der Waals surface area contributed by atoms with Crippen LogP contribution in [0.2, 0.25) is 0 Å². The van der Waals surface area contributed by atoms with E-state index in [1.54, 1.807) is 0 Å². The molecule has 90 valence electrons. The molecule has 1 fully saturated rings. The predicted molar refractivity (Wildman–Crippen MR) is 67.4 cm³/mol. The zero-order chi connectivity index (χ0) is 11.7. The van der Waals surface area contributed by atoms with Gasteiger partial charge < -0.3 is 10.3 Å². The SMILES string of the molecule is CCCc1nc(C2CC2)n(CC(C)C)c1N. The van der Waals surface area contributed by atoms with E-state index in [2.05, 4.69) is 25.3 Å². The topological polar surface area (TPSA) is 43.8 Å². The second kappa shape index (κ2) is 4.48. The van der Waals surface area contributed by atoms with Crippen LogP contribution < -0.4 is 5.73 Å². The van der Waals surface area contributed by atoms with Crippen LogP contribution in [-0.4, -0.2) is 9.55 Å². The Bertz CT molecular complexity index is 361. The number of nitrogens with two attached hydrogens (primary N) is 1. The number of nitrogens with zero attached hydrogens (tertiary/aromatic N) is 2. The molecule has 0 saturated heterocycles. The monoisotopic (exact) mass is 221 g/mol. The Morgan fingerprint density at radius 3 is 2.62 bits per heavy atom. The van der Waals surface area contributed by atoms with Gasteiger partial charge in [-0.1, -0.05) is 27.2 Å². The molecule has 0 aliphatic heterocycles. The summed E-state index contributed by atoms with van der Waals surface area (Å²) >= 11 is 0. The number of nitrogen functional groups attached to an aromatic ring is 1. The normalized spacial score (nSPS) is 16.0. The highest BCUT2D eigenvalue weighted by molar-refractivity contribution is 5.40. The summed E-state index contributed by atoms with van der Waals surface area (Å²) in [6.07, 6.45) is 4.71. The summed E-state index contributed by atoms with van der Waals surface area (Å²) in [7, 11) is 0. The third-order valence-electron chi connectivity index (χ3n) is 3.09. The van der Waals surface area contributed by atoms with Crippen LogP contribution in [0.15, 0.2) is 0 Å². The zero-order valence-corrected chi connectivity index (χ0v) is 10.7. The van der Waals surface area contributed by atoms with Gasteiger partial charge in [0.25, 0.3) is 0 Å². The maximum Gasteiger partial charge on any atom is 0.126 e. The Labute approximate surface area is 98.1 Å². The highest BCUT2D eigenvalue weighted by Gasteiger charge is 2.30. The molecule has 1 heterocycles. The van der Waals surface area contributed by atoms with Gasteiger partial charge in [-0.05, 0) is 25.2 Å². The molecular weight excluding hydrogens is 198 g/mol. The van der Waals surface area contributed by atoms with Crippen LogP contribution >= 0.6 is 0 Å². The zero-order valence-electron chi connectivity index (χ0n) is 10.7. The first-order chi connectivity index (χ1) is 7.63. The van der Waals surface area contributed by atoms with E-state index in [4.69, 9.17) is 10.7 Å². The van der Waals surface area contributed by atoms with Crippen LogP contribution in [0, 0.1) is 5.92 Å². The first-order valence-electron chi connectivity index (χ1n) is 6.48. The van der Waals surface area contributed by atoms with Crippen molar-refractivity contribution in [3.05, 3.63) is 11.5 Å². The minimum absolute atomic E-state index is 0.628. The molecule has 3 nitrogen and oxygen atoms in total. The average molecular weight is 221 g/mol. The molecular formula is C13H23N3. The van der Waals surface area contributed by atoms with E-state index < -0.39 is 0 Å². The summed E-state index contributed by atoms with van der Waals surface area (Å²) in [5.74, 6) is 3.47. The summed E-state index contributed by atoms with van der Waals surface area (Å²) in [4.78, 5) is 4.75. The molecule has 3 heteroatoms. The average Bonchev–Trinajstić information content (AvgIpc) is 3.00. The van der Waals surface area contributed by atoms with Gasteiger partial charge in [0, 0.05) is 12.5 Å². The van der Waals surface area contributed by atoms with Gasteiger partial charge in [0.1, 0.15) is 11.6 Å². The number of rotatable bonds is 5. The Morgan fingerprint density at radius 2 is 2.12 bits per heavy atom. The van der Waals surface area contributed by atoms with E-state index in [-0.39, 0.29) is 0 Å². The van der Waals surface area contributed by atoms with Crippen molar-refractivity contribution < 1.29 is 0 Å². The molecule has 1 aliphatic carbocycles. The largest absolute Gasteiger partial charge is 0.384 e. The number of aromatic nitrogens is 2. The van der Waals surface area contributed by atoms with Crippen molar-refractivity contribution in [2.45, 2.75) is 58.9 Å². The van der Waals surface area contributed by atoms with E-state index >= 15 is 0 Å². The van der Waals surface area contributed by atoms with Crippen LogP contribution in [0.1, 0.15) is 57.5 Å². The lowest BCUT2D eigenvalue weighted by Gasteiger charge is -2.11. The third kappa shape index (κ3) is 2.23. The Kier molecular flexibility index (Phi) is 3.22. The third-order valence-corrected chi connectivity index (χ3v) is 3.09. The number of aryl methyl sites for hydroxylation is 1. The molecule has 0 unspecified atom stereocenters. The maximum atomic E-state index is 6.20. The van der Waals surface area contributed by atoms with Crippen molar-refractivity contribution in [1.82, 2.24) is 9.55 Å². The smallest absolute Gasteiger partial charge is 0.126 e. The van der Waals surface area contributed by atoms with Crippen molar-refractivity contribution in [1.29, 1.82) is 0 Å². The number of anilines is 1. The quantitative estimate of drug-likeness (QED) is 0.830. The fourth-order valence-electron chi connectivity index (χ4n) is 2.17. The standard InChI is InChI=1S/C13H23N3/c1-4-5-11-12(14)16(8-9(2)3)13(15-11)10-6-7-10/h9-10H,4-8,14H2,1-3H3. The molecule has 0 atom stereocenters.